The van der Waals surface area contributed by atoms with Crippen molar-refractivity contribution >= 4 is 57.9 Å². The first kappa shape index (κ1) is 28.1. The topological polar surface area (TPSA) is 136 Å². The molecule has 14 heteroatoms. The number of rotatable bonds is 7. The molecule has 2 unspecified atom stereocenters. The zero-order valence-electron chi connectivity index (χ0n) is 21.6. The molecular formula is C26H26Cl2N6O5S. The number of amides is 2. The molecule has 1 aliphatic carbocycles. The van der Waals surface area contributed by atoms with Crippen LogP contribution >= 0.6 is 23.2 Å². The number of hydrogen-bond donors (Lipinski definition) is 3. The third-order valence-electron chi connectivity index (χ3n) is 6.86. The first-order valence-corrected chi connectivity index (χ1v) is 14.2. The Balaban J connectivity index is 1.45. The van der Waals surface area contributed by atoms with Crippen molar-refractivity contribution in [2.75, 3.05) is 25.5 Å². The van der Waals surface area contributed by atoms with Crippen LogP contribution in [0, 0.1) is 6.92 Å². The molecule has 3 heterocycles. The van der Waals surface area contributed by atoms with Crippen molar-refractivity contribution in [3.8, 4) is 0 Å². The molecule has 3 N–H and O–H groups in total. The summed E-state index contributed by atoms with van der Waals surface area (Å²) in [6, 6.07) is 6.78. The minimum Gasteiger partial charge on any atom is -0.379 e. The van der Waals surface area contributed by atoms with E-state index in [1.54, 1.807) is 54.4 Å². The van der Waals surface area contributed by atoms with Crippen LogP contribution in [0.2, 0.25) is 10.0 Å². The average molecular weight is 606 g/mol. The van der Waals surface area contributed by atoms with E-state index in [9.17, 15) is 18.4 Å². The lowest BCUT2D eigenvalue weighted by Crippen LogP contribution is -2.37. The lowest BCUT2D eigenvalue weighted by atomic mass is 10.0. The fourth-order valence-corrected chi connectivity index (χ4v) is 5.50. The summed E-state index contributed by atoms with van der Waals surface area (Å²) < 4.78 is 26.0. The predicted molar refractivity (Wildman–Crippen MR) is 152 cm³/mol. The second kappa shape index (κ2) is 11.6. The van der Waals surface area contributed by atoms with Gasteiger partial charge in [0, 0.05) is 37.1 Å². The van der Waals surface area contributed by atoms with Crippen LogP contribution in [-0.2, 0) is 20.3 Å². The SMILES string of the molecule is Cc1cc(Cl)cc(C(=O)N(C)C2CC2)c1NC(=O)C1=C(OS(=O)O)C=CN(C2=NNCC2c2ncccc2Cl)C1. The number of hydrazone groups is 1. The van der Waals surface area contributed by atoms with Crippen LogP contribution in [0.3, 0.4) is 0 Å². The van der Waals surface area contributed by atoms with Crippen molar-refractivity contribution in [2.45, 2.75) is 31.7 Å². The van der Waals surface area contributed by atoms with E-state index in [0.717, 1.165) is 12.8 Å². The molecule has 11 nitrogen and oxygen atoms in total. The van der Waals surface area contributed by atoms with Gasteiger partial charge in [-0.3, -0.25) is 19.1 Å². The number of aromatic nitrogens is 1. The molecule has 1 saturated carbocycles. The Labute approximate surface area is 243 Å². The van der Waals surface area contributed by atoms with E-state index in [0.29, 0.717) is 39.4 Å². The van der Waals surface area contributed by atoms with Gasteiger partial charge in [0.15, 0.2) is 5.76 Å². The van der Waals surface area contributed by atoms with Crippen LogP contribution in [0.4, 0.5) is 5.69 Å². The molecule has 3 aliphatic rings. The highest BCUT2D eigenvalue weighted by molar-refractivity contribution is 7.74. The van der Waals surface area contributed by atoms with Gasteiger partial charge in [-0.2, -0.15) is 9.31 Å². The summed E-state index contributed by atoms with van der Waals surface area (Å²) in [6.45, 7) is 2.13. The van der Waals surface area contributed by atoms with E-state index in [-0.39, 0.29) is 41.3 Å². The van der Waals surface area contributed by atoms with Crippen molar-refractivity contribution in [2.24, 2.45) is 5.10 Å². The average Bonchev–Trinajstić information content (AvgIpc) is 3.66. The summed E-state index contributed by atoms with van der Waals surface area (Å²) in [7, 11) is 1.72. The molecule has 0 bridgehead atoms. The smallest absolute Gasteiger partial charge is 0.357 e. The number of halogens is 2. The molecule has 0 saturated heterocycles. The quantitative estimate of drug-likeness (QED) is 0.406. The lowest BCUT2D eigenvalue weighted by Gasteiger charge is -2.28. The van der Waals surface area contributed by atoms with Crippen LogP contribution in [0.5, 0.6) is 0 Å². The maximum atomic E-state index is 13.7. The molecule has 2 aliphatic heterocycles. The lowest BCUT2D eigenvalue weighted by molar-refractivity contribution is -0.113. The van der Waals surface area contributed by atoms with E-state index in [1.165, 1.54) is 12.1 Å². The van der Waals surface area contributed by atoms with Crippen molar-refractivity contribution in [3.63, 3.8) is 0 Å². The van der Waals surface area contributed by atoms with Crippen LogP contribution in [0.15, 0.2) is 59.2 Å². The summed E-state index contributed by atoms with van der Waals surface area (Å²) in [5.74, 6) is -0.740. The summed E-state index contributed by atoms with van der Waals surface area (Å²) in [6.07, 6.45) is 6.48. The Kier molecular flexibility index (Phi) is 8.13. The molecule has 2 aromatic rings. The van der Waals surface area contributed by atoms with Gasteiger partial charge in [-0.05, 0) is 55.7 Å². The Morgan fingerprint density at radius 2 is 2.08 bits per heavy atom. The van der Waals surface area contributed by atoms with Crippen LogP contribution in [0.25, 0.3) is 0 Å². The van der Waals surface area contributed by atoms with E-state index < -0.39 is 17.3 Å². The number of allylic oxidation sites excluding steroid dienone is 1. The number of nitrogens with one attached hydrogen (secondary N) is 2. The molecular weight excluding hydrogens is 579 g/mol. The van der Waals surface area contributed by atoms with E-state index >= 15 is 0 Å². The first-order chi connectivity index (χ1) is 19.1. The van der Waals surface area contributed by atoms with Gasteiger partial charge in [-0.1, -0.05) is 23.2 Å². The summed E-state index contributed by atoms with van der Waals surface area (Å²) in [4.78, 5) is 34.8. The Bertz CT molecular complexity index is 1490. The van der Waals surface area contributed by atoms with Crippen LogP contribution < -0.4 is 10.7 Å². The number of benzene rings is 1. The number of carbonyl (C=O) groups is 2. The summed E-state index contributed by atoms with van der Waals surface area (Å²) in [5.41, 5.74) is 4.75. The van der Waals surface area contributed by atoms with Gasteiger partial charge in [0.2, 0.25) is 0 Å². The van der Waals surface area contributed by atoms with Gasteiger partial charge in [-0.25, -0.2) is 0 Å². The van der Waals surface area contributed by atoms with Crippen LogP contribution in [0.1, 0.15) is 40.4 Å². The molecule has 0 spiro atoms. The molecule has 0 radical (unpaired) electrons. The molecule has 2 amide bonds. The zero-order chi connectivity index (χ0) is 28.6. The van der Waals surface area contributed by atoms with Gasteiger partial charge in [0.1, 0.15) is 5.84 Å². The van der Waals surface area contributed by atoms with Gasteiger partial charge in [-0.15, -0.1) is 0 Å². The zero-order valence-corrected chi connectivity index (χ0v) is 23.9. The Hall–Kier alpha value is -3.45. The molecule has 40 heavy (non-hydrogen) atoms. The fraction of sp³-hybridized carbons (Fsp3) is 0.308. The molecule has 2 atom stereocenters. The first-order valence-electron chi connectivity index (χ1n) is 12.4. The van der Waals surface area contributed by atoms with Crippen molar-refractivity contribution < 1.29 is 22.5 Å². The van der Waals surface area contributed by atoms with Gasteiger partial charge < -0.3 is 24.7 Å². The monoisotopic (exact) mass is 604 g/mol. The molecule has 1 fully saturated rings. The fourth-order valence-electron chi connectivity index (χ4n) is 4.66. The standard InChI is InChI=1S/C26H26Cl2N6O5S/c1-14-10-15(27)11-17(26(36)33(2)16-5-6-16)22(14)31-25(35)19-13-34(9-7-21(19)39-40(37)38)24-18(12-30-32-24)23-20(28)4-3-8-29-23/h3-4,7-11,16,18,30H,5-6,12-13H2,1-2H3,(H,31,35)(H,37,38). The third kappa shape index (κ3) is 5.85. The summed E-state index contributed by atoms with van der Waals surface area (Å²) >= 11 is 9.99. The number of amidine groups is 1. The Morgan fingerprint density at radius 1 is 1.30 bits per heavy atom. The number of pyridine rings is 1. The second-order valence-electron chi connectivity index (χ2n) is 9.59. The highest BCUT2D eigenvalue weighted by atomic mass is 35.5. The van der Waals surface area contributed by atoms with E-state index in [4.69, 9.17) is 27.4 Å². The molecule has 5 rings (SSSR count). The van der Waals surface area contributed by atoms with Crippen molar-refractivity contribution in [3.05, 3.63) is 80.9 Å². The van der Waals surface area contributed by atoms with Gasteiger partial charge >= 0.3 is 11.4 Å². The number of hydrogen-bond acceptors (Lipinski definition) is 8. The molecule has 1 aromatic carbocycles. The summed E-state index contributed by atoms with van der Waals surface area (Å²) in [5, 5.41) is 8.06. The van der Waals surface area contributed by atoms with Crippen molar-refractivity contribution in [1.82, 2.24) is 20.2 Å². The number of carbonyl (C=O) groups excluding carboxylic acids is 2. The minimum absolute atomic E-state index is 0.0474. The second-order valence-corrected chi connectivity index (χ2v) is 11.0. The maximum Gasteiger partial charge on any atom is 0.357 e. The number of anilines is 1. The highest BCUT2D eigenvalue weighted by Crippen LogP contribution is 2.33. The van der Waals surface area contributed by atoms with E-state index in [1.807, 2.05) is 0 Å². The van der Waals surface area contributed by atoms with Crippen LogP contribution in [-0.4, -0.2) is 67.4 Å². The normalized spacial score (nSPS) is 19.2. The maximum absolute atomic E-state index is 13.7. The minimum atomic E-state index is -2.68. The molecule has 1 aromatic heterocycles. The van der Waals surface area contributed by atoms with Gasteiger partial charge in [0.05, 0.1) is 40.0 Å². The van der Waals surface area contributed by atoms with Gasteiger partial charge in [0.25, 0.3) is 11.8 Å². The van der Waals surface area contributed by atoms with Crippen molar-refractivity contribution in [1.29, 1.82) is 0 Å². The highest BCUT2D eigenvalue weighted by Gasteiger charge is 2.35. The van der Waals surface area contributed by atoms with E-state index in [2.05, 4.69) is 20.8 Å². The number of nitrogens with zero attached hydrogens (tertiary/aromatic N) is 4. The predicted octanol–water partition coefficient (Wildman–Crippen LogP) is 3.81. The molecule has 210 valence electrons. The Morgan fingerprint density at radius 3 is 2.77 bits per heavy atom. The third-order valence-corrected chi connectivity index (χ3v) is 7.72. The number of aryl methyl sites for hydroxylation is 1. The largest absolute Gasteiger partial charge is 0.379 e.